The Bertz CT molecular complexity index is 1010. The average molecular weight is 439 g/mol. The summed E-state index contributed by atoms with van der Waals surface area (Å²) in [5, 5.41) is 12.1. The monoisotopic (exact) mass is 438 g/mol. The highest BCUT2D eigenvalue weighted by atomic mass is 32.2. The minimum Gasteiger partial charge on any atom is -0.493 e. The number of nitrogens with one attached hydrogen (secondary N) is 1. The van der Waals surface area contributed by atoms with E-state index >= 15 is 0 Å². The number of thioether (sulfide) groups is 1. The van der Waals surface area contributed by atoms with E-state index in [1.54, 1.807) is 13.2 Å². The number of carbonyl (C=O) groups is 1. The maximum absolute atomic E-state index is 12.4. The molecule has 0 aliphatic carbocycles. The van der Waals surface area contributed by atoms with Crippen LogP contribution in [0.1, 0.15) is 24.4 Å². The molecule has 31 heavy (non-hydrogen) atoms. The molecule has 0 aliphatic rings. The Morgan fingerprint density at radius 2 is 1.87 bits per heavy atom. The first-order valence-electron chi connectivity index (χ1n) is 9.88. The van der Waals surface area contributed by atoms with Crippen molar-refractivity contribution in [3.63, 3.8) is 0 Å². The van der Waals surface area contributed by atoms with Crippen LogP contribution >= 0.6 is 11.8 Å². The summed E-state index contributed by atoms with van der Waals surface area (Å²) in [5.74, 6) is 2.09. The van der Waals surface area contributed by atoms with Gasteiger partial charge in [-0.25, -0.2) is 0 Å². The van der Waals surface area contributed by atoms with E-state index in [1.165, 1.54) is 11.8 Å². The van der Waals surface area contributed by atoms with Crippen molar-refractivity contribution in [2.75, 3.05) is 12.9 Å². The molecule has 162 valence electrons. The van der Waals surface area contributed by atoms with Crippen LogP contribution in [0.3, 0.4) is 0 Å². The van der Waals surface area contributed by atoms with E-state index in [0.29, 0.717) is 29.0 Å². The van der Waals surface area contributed by atoms with E-state index in [4.69, 9.17) is 9.47 Å². The second-order valence-electron chi connectivity index (χ2n) is 6.73. The molecule has 0 saturated carbocycles. The van der Waals surface area contributed by atoms with Crippen LogP contribution in [0.2, 0.25) is 0 Å². The molecule has 3 rings (SSSR count). The minimum absolute atomic E-state index is 0.0647. The van der Waals surface area contributed by atoms with Crippen molar-refractivity contribution in [1.82, 2.24) is 20.1 Å². The van der Waals surface area contributed by atoms with Crippen molar-refractivity contribution in [3.05, 3.63) is 78.6 Å². The summed E-state index contributed by atoms with van der Waals surface area (Å²) in [5.41, 5.74) is 1.06. The van der Waals surface area contributed by atoms with Gasteiger partial charge in [0.05, 0.1) is 18.9 Å². The number of hydrogen-bond donors (Lipinski definition) is 1. The standard InChI is InChI=1S/C23H26N4O3S/c1-4-14-27-21(15-30-20-13-9-8-12-19(20)29-3)25-26-23(27)31-16-22(28)24-17(2)18-10-6-5-7-11-18/h4-13,17H,1,14-16H2,2-3H3,(H,24,28). The number of ether oxygens (including phenoxy) is 2. The number of benzene rings is 2. The Balaban J connectivity index is 1.60. The Morgan fingerprint density at radius 3 is 2.58 bits per heavy atom. The second-order valence-corrected chi connectivity index (χ2v) is 7.67. The molecular weight excluding hydrogens is 412 g/mol. The molecule has 2 aromatic carbocycles. The lowest BCUT2D eigenvalue weighted by atomic mass is 10.1. The molecule has 0 saturated heterocycles. The fourth-order valence-corrected chi connectivity index (χ4v) is 3.74. The van der Waals surface area contributed by atoms with E-state index in [0.717, 1.165) is 5.56 Å². The van der Waals surface area contributed by atoms with E-state index < -0.39 is 0 Å². The summed E-state index contributed by atoms with van der Waals surface area (Å²) in [6, 6.07) is 17.2. The van der Waals surface area contributed by atoms with Crippen molar-refractivity contribution in [2.24, 2.45) is 0 Å². The zero-order chi connectivity index (χ0) is 22.1. The number of aromatic nitrogens is 3. The molecule has 1 amide bonds. The summed E-state index contributed by atoms with van der Waals surface area (Å²) in [6.45, 7) is 6.51. The van der Waals surface area contributed by atoms with Crippen molar-refractivity contribution in [3.8, 4) is 11.5 Å². The molecule has 0 radical (unpaired) electrons. The van der Waals surface area contributed by atoms with Crippen LogP contribution in [0.15, 0.2) is 72.4 Å². The lowest BCUT2D eigenvalue weighted by Crippen LogP contribution is -2.28. The molecule has 1 atom stereocenters. The second kappa shape index (κ2) is 11.2. The number of para-hydroxylation sites is 2. The quantitative estimate of drug-likeness (QED) is 0.360. The number of nitrogens with zero attached hydrogens (tertiary/aromatic N) is 3. The number of allylic oxidation sites excluding steroid dienone is 1. The van der Waals surface area contributed by atoms with Crippen LogP contribution in [0.4, 0.5) is 0 Å². The summed E-state index contributed by atoms with van der Waals surface area (Å²) < 4.78 is 13.1. The van der Waals surface area contributed by atoms with Crippen LogP contribution in [-0.4, -0.2) is 33.5 Å². The first kappa shape index (κ1) is 22.4. The average Bonchev–Trinajstić information content (AvgIpc) is 3.18. The SMILES string of the molecule is C=CCn1c(COc2ccccc2OC)nnc1SCC(=O)NC(C)c1ccccc1. The molecule has 0 bridgehead atoms. The zero-order valence-corrected chi connectivity index (χ0v) is 18.5. The first-order valence-corrected chi connectivity index (χ1v) is 10.9. The summed E-state index contributed by atoms with van der Waals surface area (Å²) in [6.07, 6.45) is 1.76. The largest absolute Gasteiger partial charge is 0.493 e. The number of hydrogen-bond acceptors (Lipinski definition) is 6. The Kier molecular flexibility index (Phi) is 8.12. The number of carbonyl (C=O) groups excluding carboxylic acids is 1. The summed E-state index contributed by atoms with van der Waals surface area (Å²) in [7, 11) is 1.60. The van der Waals surface area contributed by atoms with E-state index in [1.807, 2.05) is 66.1 Å². The van der Waals surface area contributed by atoms with Crippen LogP contribution in [-0.2, 0) is 17.9 Å². The van der Waals surface area contributed by atoms with Gasteiger partial charge in [0.1, 0.15) is 6.61 Å². The van der Waals surface area contributed by atoms with Crippen molar-refractivity contribution in [1.29, 1.82) is 0 Å². The van der Waals surface area contributed by atoms with Gasteiger partial charge >= 0.3 is 0 Å². The molecule has 7 nitrogen and oxygen atoms in total. The van der Waals surface area contributed by atoms with Gasteiger partial charge in [0.15, 0.2) is 22.5 Å². The van der Waals surface area contributed by atoms with Gasteiger partial charge in [0, 0.05) is 6.54 Å². The van der Waals surface area contributed by atoms with E-state index in [-0.39, 0.29) is 24.3 Å². The fraction of sp³-hybridized carbons (Fsp3) is 0.261. The number of rotatable bonds is 11. The Labute approximate surface area is 186 Å². The Hall–Kier alpha value is -3.26. The lowest BCUT2D eigenvalue weighted by Gasteiger charge is -2.14. The van der Waals surface area contributed by atoms with Gasteiger partial charge in [-0.1, -0.05) is 60.3 Å². The van der Waals surface area contributed by atoms with Crippen molar-refractivity contribution >= 4 is 17.7 Å². The summed E-state index contributed by atoms with van der Waals surface area (Å²) >= 11 is 1.33. The van der Waals surface area contributed by atoms with Gasteiger partial charge in [0.2, 0.25) is 5.91 Å². The minimum atomic E-state index is -0.0682. The van der Waals surface area contributed by atoms with Crippen LogP contribution in [0, 0.1) is 0 Å². The maximum Gasteiger partial charge on any atom is 0.230 e. The third kappa shape index (κ3) is 6.11. The van der Waals surface area contributed by atoms with Crippen molar-refractivity contribution < 1.29 is 14.3 Å². The van der Waals surface area contributed by atoms with Crippen molar-refractivity contribution in [2.45, 2.75) is 31.3 Å². The fourth-order valence-electron chi connectivity index (χ4n) is 2.96. The van der Waals surface area contributed by atoms with Crippen LogP contribution in [0.25, 0.3) is 0 Å². The number of methoxy groups -OCH3 is 1. The normalized spacial score (nSPS) is 11.5. The molecule has 1 unspecified atom stereocenters. The van der Waals surface area contributed by atoms with Gasteiger partial charge in [-0.15, -0.1) is 16.8 Å². The molecule has 1 heterocycles. The van der Waals surface area contributed by atoms with E-state index in [9.17, 15) is 4.79 Å². The number of amides is 1. The predicted octanol–water partition coefficient (Wildman–Crippen LogP) is 4.02. The lowest BCUT2D eigenvalue weighted by molar-refractivity contribution is -0.119. The molecule has 8 heteroatoms. The van der Waals surface area contributed by atoms with Crippen LogP contribution < -0.4 is 14.8 Å². The maximum atomic E-state index is 12.4. The highest BCUT2D eigenvalue weighted by Crippen LogP contribution is 2.27. The van der Waals surface area contributed by atoms with Gasteiger partial charge < -0.3 is 14.8 Å². The van der Waals surface area contributed by atoms with Gasteiger partial charge in [-0.05, 0) is 24.6 Å². The first-order chi connectivity index (χ1) is 15.1. The van der Waals surface area contributed by atoms with E-state index in [2.05, 4.69) is 22.1 Å². The molecule has 0 aliphatic heterocycles. The third-order valence-electron chi connectivity index (χ3n) is 4.54. The zero-order valence-electron chi connectivity index (χ0n) is 17.7. The molecule has 0 spiro atoms. The van der Waals surface area contributed by atoms with Gasteiger partial charge in [-0.2, -0.15) is 0 Å². The highest BCUT2D eigenvalue weighted by molar-refractivity contribution is 7.99. The third-order valence-corrected chi connectivity index (χ3v) is 5.51. The summed E-state index contributed by atoms with van der Waals surface area (Å²) in [4.78, 5) is 12.4. The van der Waals surface area contributed by atoms with Gasteiger partial charge in [0.25, 0.3) is 0 Å². The molecule has 3 aromatic rings. The Morgan fingerprint density at radius 1 is 1.16 bits per heavy atom. The van der Waals surface area contributed by atoms with Crippen LogP contribution in [0.5, 0.6) is 11.5 Å². The topological polar surface area (TPSA) is 78.3 Å². The molecule has 1 aromatic heterocycles. The predicted molar refractivity (Wildman–Crippen MR) is 121 cm³/mol. The smallest absolute Gasteiger partial charge is 0.230 e. The molecular formula is C23H26N4O3S. The molecule has 1 N–H and O–H groups in total. The highest BCUT2D eigenvalue weighted by Gasteiger charge is 2.16. The molecule has 0 fully saturated rings. The van der Waals surface area contributed by atoms with Gasteiger partial charge in [-0.3, -0.25) is 9.36 Å².